The molecule has 1 aromatic heterocycles. The molecule has 1 saturated carbocycles. The average molecular weight is 214 g/mol. The van der Waals surface area contributed by atoms with Crippen molar-refractivity contribution in [3.63, 3.8) is 0 Å². The van der Waals surface area contributed by atoms with Crippen LogP contribution in [0.5, 0.6) is 0 Å². The Hall–Kier alpha value is -0.570. The predicted molar refractivity (Wildman–Crippen MR) is 56.2 cm³/mol. The lowest BCUT2D eigenvalue weighted by molar-refractivity contribution is 0.531. The van der Waals surface area contributed by atoms with Crippen LogP contribution in [0.15, 0.2) is 6.20 Å². The van der Waals surface area contributed by atoms with Crippen LogP contribution in [0.25, 0.3) is 0 Å². The summed E-state index contributed by atoms with van der Waals surface area (Å²) in [4.78, 5) is 0. The van der Waals surface area contributed by atoms with Gasteiger partial charge < -0.3 is 0 Å². The second-order valence-electron chi connectivity index (χ2n) is 4.01. The Kier molecular flexibility index (Phi) is 3.06. The van der Waals surface area contributed by atoms with Crippen molar-refractivity contribution in [1.29, 1.82) is 0 Å². The molecule has 1 heterocycles. The fourth-order valence-corrected chi connectivity index (χ4v) is 1.60. The molecular formula is C10H16ClN3. The Morgan fingerprint density at radius 3 is 3.07 bits per heavy atom. The molecule has 0 bridgehead atoms. The average Bonchev–Trinajstić information content (AvgIpc) is 2.92. The summed E-state index contributed by atoms with van der Waals surface area (Å²) in [5.74, 6) is 0.945. The van der Waals surface area contributed by atoms with Gasteiger partial charge in [0.2, 0.25) is 0 Å². The highest BCUT2D eigenvalue weighted by Gasteiger charge is 2.21. The number of aromatic nitrogens is 3. The zero-order chi connectivity index (χ0) is 9.97. The largest absolute Gasteiger partial charge is 0.252 e. The van der Waals surface area contributed by atoms with Gasteiger partial charge in [-0.3, -0.25) is 4.68 Å². The Balaban J connectivity index is 1.87. The molecule has 0 spiro atoms. The number of hydrogen-bond acceptors (Lipinski definition) is 2. The second kappa shape index (κ2) is 4.30. The van der Waals surface area contributed by atoms with E-state index in [0.717, 1.165) is 24.6 Å². The summed E-state index contributed by atoms with van der Waals surface area (Å²) in [5, 5.41) is 8.15. The Morgan fingerprint density at radius 1 is 1.64 bits per heavy atom. The van der Waals surface area contributed by atoms with E-state index in [0.29, 0.717) is 0 Å². The first-order valence-electron chi connectivity index (χ1n) is 5.33. The molecule has 0 N–H and O–H groups in total. The van der Waals surface area contributed by atoms with Crippen LogP contribution in [-0.2, 0) is 6.54 Å². The molecule has 14 heavy (non-hydrogen) atoms. The van der Waals surface area contributed by atoms with Gasteiger partial charge in [0.25, 0.3) is 0 Å². The van der Waals surface area contributed by atoms with E-state index < -0.39 is 0 Å². The van der Waals surface area contributed by atoms with Crippen LogP contribution in [0.1, 0.15) is 43.7 Å². The minimum Gasteiger partial charge on any atom is -0.252 e. The summed E-state index contributed by atoms with van der Waals surface area (Å²) in [6.07, 6.45) is 6.91. The summed E-state index contributed by atoms with van der Waals surface area (Å²) in [6, 6.07) is 0. The maximum Gasteiger partial charge on any atom is 0.100 e. The maximum atomic E-state index is 6.06. The van der Waals surface area contributed by atoms with Gasteiger partial charge in [-0.2, -0.15) is 0 Å². The van der Waals surface area contributed by atoms with E-state index in [1.807, 2.05) is 10.9 Å². The molecule has 0 aromatic carbocycles. The molecule has 2 rings (SSSR count). The van der Waals surface area contributed by atoms with E-state index in [1.54, 1.807) is 0 Å². The van der Waals surface area contributed by atoms with Crippen LogP contribution < -0.4 is 0 Å². The molecular weight excluding hydrogens is 198 g/mol. The Labute approximate surface area is 89.4 Å². The number of alkyl halides is 1. The molecule has 0 aliphatic heterocycles. The van der Waals surface area contributed by atoms with E-state index in [9.17, 15) is 0 Å². The predicted octanol–water partition coefficient (Wildman–Crippen LogP) is 2.77. The van der Waals surface area contributed by atoms with Gasteiger partial charge in [-0.1, -0.05) is 25.0 Å². The number of nitrogens with zero attached hydrogens (tertiary/aromatic N) is 3. The number of aryl methyl sites for hydroxylation is 1. The minimum atomic E-state index is 0.0182. The molecule has 0 saturated heterocycles. The fourth-order valence-electron chi connectivity index (χ4n) is 1.50. The van der Waals surface area contributed by atoms with Gasteiger partial charge in [0.05, 0.1) is 5.38 Å². The molecule has 1 fully saturated rings. The van der Waals surface area contributed by atoms with Crippen LogP contribution in [-0.4, -0.2) is 15.0 Å². The van der Waals surface area contributed by atoms with E-state index in [-0.39, 0.29) is 5.38 Å². The molecule has 1 atom stereocenters. The van der Waals surface area contributed by atoms with Crippen LogP contribution in [0, 0.1) is 5.92 Å². The van der Waals surface area contributed by atoms with E-state index >= 15 is 0 Å². The summed E-state index contributed by atoms with van der Waals surface area (Å²) in [6.45, 7) is 3.05. The van der Waals surface area contributed by atoms with Crippen LogP contribution in [0.4, 0.5) is 0 Å². The molecule has 0 amide bonds. The van der Waals surface area contributed by atoms with Crippen molar-refractivity contribution >= 4 is 11.6 Å². The normalized spacial score (nSPS) is 18.4. The fraction of sp³-hybridized carbons (Fsp3) is 0.800. The zero-order valence-corrected chi connectivity index (χ0v) is 9.24. The lowest BCUT2D eigenvalue weighted by Crippen LogP contribution is -1.99. The van der Waals surface area contributed by atoms with Gasteiger partial charge in [0.1, 0.15) is 5.69 Å². The zero-order valence-electron chi connectivity index (χ0n) is 8.49. The van der Waals surface area contributed by atoms with Crippen molar-refractivity contribution in [2.75, 3.05) is 0 Å². The third-order valence-electron chi connectivity index (χ3n) is 2.70. The first kappa shape index (κ1) is 9.97. The third-order valence-corrected chi connectivity index (χ3v) is 3.23. The molecule has 1 aliphatic rings. The highest BCUT2D eigenvalue weighted by Crippen LogP contribution is 2.32. The Bertz CT molecular complexity index is 293. The van der Waals surface area contributed by atoms with Crippen LogP contribution in [0.2, 0.25) is 0 Å². The maximum absolute atomic E-state index is 6.06. The molecule has 1 unspecified atom stereocenters. The number of rotatable bonds is 5. The lowest BCUT2D eigenvalue weighted by Gasteiger charge is -1.99. The van der Waals surface area contributed by atoms with Crippen LogP contribution >= 0.6 is 11.6 Å². The molecule has 78 valence electrons. The van der Waals surface area contributed by atoms with E-state index in [4.69, 9.17) is 11.6 Å². The molecule has 4 heteroatoms. The smallest absolute Gasteiger partial charge is 0.100 e. The summed E-state index contributed by atoms with van der Waals surface area (Å²) < 4.78 is 1.92. The van der Waals surface area contributed by atoms with Gasteiger partial charge >= 0.3 is 0 Å². The van der Waals surface area contributed by atoms with Crippen molar-refractivity contribution in [1.82, 2.24) is 15.0 Å². The van der Waals surface area contributed by atoms with Gasteiger partial charge in [0.15, 0.2) is 0 Å². The summed E-state index contributed by atoms with van der Waals surface area (Å²) in [5.41, 5.74) is 0.907. The summed E-state index contributed by atoms with van der Waals surface area (Å²) in [7, 11) is 0. The quantitative estimate of drug-likeness (QED) is 0.705. The highest BCUT2D eigenvalue weighted by atomic mass is 35.5. The van der Waals surface area contributed by atoms with Crippen molar-refractivity contribution < 1.29 is 0 Å². The first-order valence-corrected chi connectivity index (χ1v) is 5.77. The van der Waals surface area contributed by atoms with Crippen LogP contribution in [0.3, 0.4) is 0 Å². The minimum absolute atomic E-state index is 0.0182. The Morgan fingerprint density at radius 2 is 2.43 bits per heavy atom. The molecule has 0 radical (unpaired) electrons. The van der Waals surface area contributed by atoms with Crippen molar-refractivity contribution in [3.05, 3.63) is 11.9 Å². The standard InChI is InChI=1S/C10H16ClN3/c1-2-9(11)10-7-14(13-12-10)6-5-8-3-4-8/h7-9H,2-6H2,1H3. The molecule has 1 aliphatic carbocycles. The van der Waals surface area contributed by atoms with Gasteiger partial charge in [-0.05, 0) is 18.8 Å². The van der Waals surface area contributed by atoms with Crippen molar-refractivity contribution in [3.8, 4) is 0 Å². The second-order valence-corrected chi connectivity index (χ2v) is 4.54. The number of hydrogen-bond donors (Lipinski definition) is 0. The van der Waals surface area contributed by atoms with Gasteiger partial charge in [-0.25, -0.2) is 0 Å². The SMILES string of the molecule is CCC(Cl)c1cn(CCC2CC2)nn1. The number of halogens is 1. The molecule has 1 aromatic rings. The summed E-state index contributed by atoms with van der Waals surface area (Å²) >= 11 is 6.06. The van der Waals surface area contributed by atoms with E-state index in [2.05, 4.69) is 17.2 Å². The van der Waals surface area contributed by atoms with E-state index in [1.165, 1.54) is 19.3 Å². The third kappa shape index (κ3) is 2.47. The highest BCUT2D eigenvalue weighted by molar-refractivity contribution is 6.20. The first-order chi connectivity index (χ1) is 6.79. The van der Waals surface area contributed by atoms with Crippen molar-refractivity contribution in [2.45, 2.75) is 44.5 Å². The van der Waals surface area contributed by atoms with Gasteiger partial charge in [0, 0.05) is 12.7 Å². The van der Waals surface area contributed by atoms with Gasteiger partial charge in [-0.15, -0.1) is 16.7 Å². The molecule has 3 nitrogen and oxygen atoms in total. The monoisotopic (exact) mass is 213 g/mol. The van der Waals surface area contributed by atoms with Crippen molar-refractivity contribution in [2.24, 2.45) is 5.92 Å². The lowest BCUT2D eigenvalue weighted by atomic mass is 10.2. The topological polar surface area (TPSA) is 30.7 Å².